The van der Waals surface area contributed by atoms with Crippen molar-refractivity contribution >= 4 is 6.29 Å². The lowest BCUT2D eigenvalue weighted by atomic mass is 10.1. The maximum absolute atomic E-state index is 12.2. The van der Waals surface area contributed by atoms with E-state index in [0.29, 0.717) is 7.11 Å². The van der Waals surface area contributed by atoms with Crippen molar-refractivity contribution in [3.05, 3.63) is 35.4 Å². The molecule has 0 unspecified atom stereocenters. The number of alkyl halides is 4. The van der Waals surface area contributed by atoms with Gasteiger partial charge in [0, 0.05) is 19.1 Å². The molecule has 0 atom stereocenters. The predicted octanol–water partition coefficient (Wildman–Crippen LogP) is 5.07. The van der Waals surface area contributed by atoms with Crippen LogP contribution in [0.3, 0.4) is 0 Å². The zero-order chi connectivity index (χ0) is 19.8. The Kier molecular flexibility index (Phi) is 17.2. The zero-order valence-corrected chi connectivity index (χ0v) is 15.2. The molecule has 1 aromatic rings. The van der Waals surface area contributed by atoms with E-state index < -0.39 is 25.0 Å². The number of ether oxygens (including phenoxy) is 1. The largest absolute Gasteiger partial charge is 0.419 e. The summed E-state index contributed by atoms with van der Waals surface area (Å²) in [7, 11) is 0.518. The van der Waals surface area contributed by atoms with E-state index in [1.165, 1.54) is 0 Å². The van der Waals surface area contributed by atoms with Gasteiger partial charge in [0.25, 0.3) is 0 Å². The summed E-state index contributed by atoms with van der Waals surface area (Å²) in [4.78, 5) is 10.2. The second-order valence-electron chi connectivity index (χ2n) is 3.94. The first kappa shape index (κ1) is 27.4. The average Bonchev–Trinajstić information content (AvgIpc) is 2.59. The SMILES string of the molecule is CC.CC.COC(F)(F)C(F)(F)CCN.Cc1ccccc1C=O. The molecule has 0 saturated carbocycles. The minimum Gasteiger partial charge on any atom is -0.330 e. The Morgan fingerprint density at radius 1 is 1.08 bits per heavy atom. The molecule has 0 radical (unpaired) electrons. The highest BCUT2D eigenvalue weighted by molar-refractivity contribution is 5.76. The molecule has 7 heteroatoms. The monoisotopic (exact) mass is 355 g/mol. The van der Waals surface area contributed by atoms with Gasteiger partial charge in [0.2, 0.25) is 0 Å². The number of carbonyl (C=O) groups excluding carboxylic acids is 1. The topological polar surface area (TPSA) is 52.3 Å². The summed E-state index contributed by atoms with van der Waals surface area (Å²) in [5, 5.41) is 0. The molecule has 0 fully saturated rings. The van der Waals surface area contributed by atoms with E-state index in [1.807, 2.05) is 58.9 Å². The van der Waals surface area contributed by atoms with Crippen LogP contribution >= 0.6 is 0 Å². The van der Waals surface area contributed by atoms with Crippen LogP contribution < -0.4 is 5.73 Å². The molecule has 0 aliphatic heterocycles. The van der Waals surface area contributed by atoms with Crippen LogP contribution in [0.5, 0.6) is 0 Å². The first-order valence-corrected chi connectivity index (χ1v) is 7.73. The van der Waals surface area contributed by atoms with Gasteiger partial charge in [-0.15, -0.1) is 0 Å². The number of methoxy groups -OCH3 is 1. The Morgan fingerprint density at radius 2 is 1.54 bits per heavy atom. The van der Waals surface area contributed by atoms with Gasteiger partial charge in [-0.25, -0.2) is 0 Å². The third kappa shape index (κ3) is 10.3. The van der Waals surface area contributed by atoms with E-state index >= 15 is 0 Å². The molecule has 0 bridgehead atoms. The first-order valence-electron chi connectivity index (χ1n) is 7.73. The molecule has 0 heterocycles. The van der Waals surface area contributed by atoms with Crippen LogP contribution in [-0.2, 0) is 4.74 Å². The Morgan fingerprint density at radius 3 is 1.83 bits per heavy atom. The molecule has 0 amide bonds. The fourth-order valence-electron chi connectivity index (χ4n) is 1.20. The average molecular weight is 355 g/mol. The fourth-order valence-corrected chi connectivity index (χ4v) is 1.20. The summed E-state index contributed by atoms with van der Waals surface area (Å²) in [5.41, 5.74) is 6.51. The number of benzene rings is 1. The number of hydrogen-bond acceptors (Lipinski definition) is 3. The van der Waals surface area contributed by atoms with Crippen molar-refractivity contribution in [3.63, 3.8) is 0 Å². The summed E-state index contributed by atoms with van der Waals surface area (Å²) in [6.45, 7) is 9.41. The lowest BCUT2D eigenvalue weighted by molar-refractivity contribution is -0.338. The van der Waals surface area contributed by atoms with Gasteiger partial charge in [-0.3, -0.25) is 4.79 Å². The van der Waals surface area contributed by atoms with Crippen LogP contribution in [0.2, 0.25) is 0 Å². The van der Waals surface area contributed by atoms with Crippen molar-refractivity contribution in [1.29, 1.82) is 0 Å². The van der Waals surface area contributed by atoms with Gasteiger partial charge in [0.05, 0.1) is 0 Å². The molecule has 0 aliphatic carbocycles. The maximum Gasteiger partial charge on any atom is 0.419 e. The van der Waals surface area contributed by atoms with E-state index in [-0.39, 0.29) is 0 Å². The number of hydrogen-bond donors (Lipinski definition) is 1. The lowest BCUT2D eigenvalue weighted by Gasteiger charge is -2.23. The van der Waals surface area contributed by atoms with Gasteiger partial charge < -0.3 is 10.5 Å². The quantitative estimate of drug-likeness (QED) is 0.593. The Hall–Kier alpha value is -1.47. The molecule has 1 aromatic carbocycles. The van der Waals surface area contributed by atoms with Crippen molar-refractivity contribution in [1.82, 2.24) is 0 Å². The minimum absolute atomic E-state index is 0.508. The fraction of sp³-hybridized carbons (Fsp3) is 0.588. The standard InChI is InChI=1S/C8H8O.C5H9F4NO.2C2H6/c1-7-4-2-3-5-8(7)6-9;1-11-5(8,9)4(6,7)2-3-10;2*1-2/h2-6H,1H3;2-3,10H2,1H3;2*1-2H3. The lowest BCUT2D eigenvalue weighted by Crippen LogP contribution is -2.43. The highest BCUT2D eigenvalue weighted by atomic mass is 19.3. The summed E-state index contributed by atoms with van der Waals surface area (Å²) in [5.74, 6) is -4.18. The van der Waals surface area contributed by atoms with E-state index in [1.54, 1.807) is 0 Å². The van der Waals surface area contributed by atoms with Crippen molar-refractivity contribution < 1.29 is 27.1 Å². The second kappa shape index (κ2) is 15.1. The van der Waals surface area contributed by atoms with Gasteiger partial charge in [0.15, 0.2) is 0 Å². The highest BCUT2D eigenvalue weighted by Crippen LogP contribution is 2.36. The van der Waals surface area contributed by atoms with E-state index in [0.717, 1.165) is 17.4 Å². The molecular weight excluding hydrogens is 326 g/mol. The number of aldehydes is 1. The maximum atomic E-state index is 12.2. The van der Waals surface area contributed by atoms with E-state index in [4.69, 9.17) is 5.73 Å². The van der Waals surface area contributed by atoms with Crippen molar-refractivity contribution in [2.24, 2.45) is 5.73 Å². The number of halogens is 4. The third-order valence-corrected chi connectivity index (χ3v) is 2.46. The Bertz CT molecular complexity index is 427. The molecule has 142 valence electrons. The molecule has 2 N–H and O–H groups in total. The van der Waals surface area contributed by atoms with Crippen LogP contribution in [0.15, 0.2) is 24.3 Å². The second-order valence-corrected chi connectivity index (χ2v) is 3.94. The molecule has 3 nitrogen and oxygen atoms in total. The molecule has 24 heavy (non-hydrogen) atoms. The smallest absolute Gasteiger partial charge is 0.330 e. The number of rotatable bonds is 5. The van der Waals surface area contributed by atoms with Crippen LogP contribution in [0.4, 0.5) is 17.6 Å². The van der Waals surface area contributed by atoms with Crippen LogP contribution in [0.25, 0.3) is 0 Å². The molecule has 0 aliphatic rings. The summed E-state index contributed by atoms with van der Waals surface area (Å²) in [6, 6.07) is 7.51. The van der Waals surface area contributed by atoms with Gasteiger partial charge >= 0.3 is 12.0 Å². The van der Waals surface area contributed by atoms with Gasteiger partial charge in [0.1, 0.15) is 6.29 Å². The van der Waals surface area contributed by atoms with E-state index in [2.05, 4.69) is 4.74 Å². The van der Waals surface area contributed by atoms with Crippen molar-refractivity contribution in [3.8, 4) is 0 Å². The number of aryl methyl sites for hydroxylation is 1. The molecule has 0 saturated heterocycles. The first-order chi connectivity index (χ1) is 11.2. The van der Waals surface area contributed by atoms with Crippen LogP contribution in [-0.4, -0.2) is 32.0 Å². The predicted molar refractivity (Wildman–Crippen MR) is 89.8 cm³/mol. The highest BCUT2D eigenvalue weighted by Gasteiger charge is 2.56. The van der Waals surface area contributed by atoms with E-state index in [9.17, 15) is 22.4 Å². The summed E-state index contributed by atoms with van der Waals surface area (Å²) < 4.78 is 52.0. The summed E-state index contributed by atoms with van der Waals surface area (Å²) >= 11 is 0. The Labute approximate surface area is 142 Å². The van der Waals surface area contributed by atoms with Gasteiger partial charge in [-0.2, -0.15) is 17.6 Å². The van der Waals surface area contributed by atoms with Crippen LogP contribution in [0.1, 0.15) is 50.0 Å². The molecule has 0 spiro atoms. The Balaban J connectivity index is -0.000000307. The van der Waals surface area contributed by atoms with Crippen molar-refractivity contribution in [2.45, 2.75) is 53.1 Å². The summed E-state index contributed by atoms with van der Waals surface area (Å²) in [6.07, 6.45) is -4.64. The third-order valence-electron chi connectivity index (χ3n) is 2.46. The zero-order valence-electron chi connectivity index (χ0n) is 15.2. The van der Waals surface area contributed by atoms with Crippen molar-refractivity contribution in [2.75, 3.05) is 13.7 Å². The van der Waals surface area contributed by atoms with Gasteiger partial charge in [-0.05, 0) is 19.0 Å². The number of nitrogens with two attached hydrogens (primary N) is 1. The van der Waals surface area contributed by atoms with Gasteiger partial charge in [-0.1, -0.05) is 52.0 Å². The normalized spacial score (nSPS) is 10.1. The minimum atomic E-state index is -4.42. The molecular formula is C17H29F4NO2. The molecule has 0 aromatic heterocycles. The molecule has 1 rings (SSSR count). The number of carbonyl (C=O) groups is 1. The van der Waals surface area contributed by atoms with Crippen LogP contribution in [0, 0.1) is 6.92 Å².